The predicted molar refractivity (Wildman–Crippen MR) is 98.1 cm³/mol. The molecule has 2 aromatic carbocycles. The number of halogens is 1. The lowest BCUT2D eigenvalue weighted by Gasteiger charge is -2.36. The summed E-state index contributed by atoms with van der Waals surface area (Å²) in [7, 11) is -3.64. The molecule has 0 N–H and O–H groups in total. The van der Waals surface area contributed by atoms with Crippen molar-refractivity contribution < 1.29 is 8.42 Å². The molecule has 25 heavy (non-hydrogen) atoms. The topological polar surface area (TPSA) is 42.3 Å². The maximum Gasteiger partial charge on any atom is 0.244 e. The van der Waals surface area contributed by atoms with E-state index in [1.165, 1.54) is 0 Å². The van der Waals surface area contributed by atoms with Crippen molar-refractivity contribution in [1.29, 1.82) is 0 Å². The van der Waals surface area contributed by atoms with E-state index >= 15 is 0 Å². The van der Waals surface area contributed by atoms with Crippen LogP contribution in [0.25, 0.3) is 0 Å². The highest BCUT2D eigenvalue weighted by Gasteiger charge is 2.37. The van der Waals surface area contributed by atoms with Gasteiger partial charge in [0.05, 0.1) is 10.9 Å². The van der Waals surface area contributed by atoms with E-state index in [1.807, 2.05) is 48.7 Å². The molecule has 0 bridgehead atoms. The zero-order chi connectivity index (χ0) is 17.4. The van der Waals surface area contributed by atoms with Crippen molar-refractivity contribution in [2.45, 2.75) is 17.5 Å². The molecule has 0 radical (unpaired) electrons. The van der Waals surface area contributed by atoms with Gasteiger partial charge in [0.15, 0.2) is 0 Å². The van der Waals surface area contributed by atoms with Gasteiger partial charge in [-0.1, -0.05) is 41.9 Å². The second kappa shape index (κ2) is 6.33. The van der Waals surface area contributed by atoms with Crippen LogP contribution in [0, 0.1) is 0 Å². The fourth-order valence-corrected chi connectivity index (χ4v) is 5.04. The first-order valence-electron chi connectivity index (χ1n) is 8.05. The van der Waals surface area contributed by atoms with Crippen LogP contribution in [-0.2, 0) is 16.6 Å². The summed E-state index contributed by atoms with van der Waals surface area (Å²) in [6.45, 7) is 1.06. The minimum atomic E-state index is -3.64. The summed E-state index contributed by atoms with van der Waals surface area (Å²) in [6, 6.07) is 19.7. The standard InChI is InChI=1S/C19H17ClN2O2S/c20-16-8-10-17(11-9-16)25(23,24)22-14-13-21-12-4-7-18(21)19(22)15-5-2-1-3-6-15/h1-12,19H,13-14H2/t19-/m1/s1. The Morgan fingerprint density at radius 3 is 2.32 bits per heavy atom. The SMILES string of the molecule is O=S(=O)(c1ccc(Cl)cc1)N1CCn2cccc2[C@H]1c1ccccc1. The Morgan fingerprint density at radius 2 is 1.60 bits per heavy atom. The van der Waals surface area contributed by atoms with Crippen molar-refractivity contribution in [3.8, 4) is 0 Å². The lowest BCUT2D eigenvalue weighted by molar-refractivity contribution is 0.298. The monoisotopic (exact) mass is 372 g/mol. The summed E-state index contributed by atoms with van der Waals surface area (Å²) in [4.78, 5) is 0.262. The van der Waals surface area contributed by atoms with E-state index in [0.717, 1.165) is 11.3 Å². The molecule has 4 nitrogen and oxygen atoms in total. The van der Waals surface area contributed by atoms with Crippen LogP contribution in [0.15, 0.2) is 77.8 Å². The summed E-state index contributed by atoms with van der Waals surface area (Å²) in [5.41, 5.74) is 1.94. The van der Waals surface area contributed by atoms with Gasteiger partial charge >= 0.3 is 0 Å². The predicted octanol–water partition coefficient (Wildman–Crippen LogP) is 3.94. The van der Waals surface area contributed by atoms with E-state index in [9.17, 15) is 8.42 Å². The number of fused-ring (bicyclic) bond motifs is 1. The number of hydrogen-bond acceptors (Lipinski definition) is 2. The number of benzene rings is 2. The average molecular weight is 373 g/mol. The molecule has 0 aliphatic carbocycles. The fraction of sp³-hybridized carbons (Fsp3) is 0.158. The number of aromatic nitrogens is 1. The molecule has 0 amide bonds. The Labute approximate surface area is 152 Å². The Kier molecular flexibility index (Phi) is 4.15. The van der Waals surface area contributed by atoms with Crippen LogP contribution in [-0.4, -0.2) is 23.8 Å². The number of nitrogens with zero attached hydrogens (tertiary/aromatic N) is 2. The van der Waals surface area contributed by atoms with Gasteiger partial charge in [-0.05, 0) is 42.0 Å². The molecule has 4 rings (SSSR count). The van der Waals surface area contributed by atoms with Crippen molar-refractivity contribution in [2.24, 2.45) is 0 Å². The quantitative estimate of drug-likeness (QED) is 0.699. The van der Waals surface area contributed by atoms with Gasteiger partial charge in [0.25, 0.3) is 0 Å². The lowest BCUT2D eigenvalue weighted by Crippen LogP contribution is -2.42. The van der Waals surface area contributed by atoms with Crippen LogP contribution in [0.2, 0.25) is 5.02 Å². The van der Waals surface area contributed by atoms with Gasteiger partial charge in [0.2, 0.25) is 10.0 Å². The van der Waals surface area contributed by atoms with Crippen LogP contribution in [0.5, 0.6) is 0 Å². The molecule has 6 heteroatoms. The van der Waals surface area contributed by atoms with Gasteiger partial charge in [-0.3, -0.25) is 0 Å². The third-order valence-corrected chi connectivity index (χ3v) is 6.66. The Hall–Kier alpha value is -2.08. The summed E-state index contributed by atoms with van der Waals surface area (Å²) < 4.78 is 30.3. The van der Waals surface area contributed by atoms with Gasteiger partial charge in [0.1, 0.15) is 0 Å². The summed E-state index contributed by atoms with van der Waals surface area (Å²) in [6.07, 6.45) is 2.00. The molecule has 0 spiro atoms. The third-order valence-electron chi connectivity index (χ3n) is 4.53. The van der Waals surface area contributed by atoms with Crippen molar-refractivity contribution in [1.82, 2.24) is 8.87 Å². The van der Waals surface area contributed by atoms with E-state index in [-0.39, 0.29) is 10.9 Å². The van der Waals surface area contributed by atoms with Crippen LogP contribution in [0.4, 0.5) is 0 Å². The van der Waals surface area contributed by atoms with Gasteiger partial charge < -0.3 is 4.57 Å². The van der Waals surface area contributed by atoms with Crippen LogP contribution in [0.3, 0.4) is 0 Å². The molecule has 2 heterocycles. The molecule has 1 aliphatic heterocycles. The minimum absolute atomic E-state index is 0.262. The van der Waals surface area contributed by atoms with E-state index in [2.05, 4.69) is 4.57 Å². The second-order valence-corrected chi connectivity index (χ2v) is 8.34. The molecular formula is C19H17ClN2O2S. The molecule has 3 aromatic rings. The molecule has 1 aromatic heterocycles. The first-order valence-corrected chi connectivity index (χ1v) is 9.86. The first-order chi connectivity index (χ1) is 12.1. The molecule has 0 saturated carbocycles. The summed E-state index contributed by atoms with van der Waals surface area (Å²) >= 11 is 5.91. The second-order valence-electron chi connectivity index (χ2n) is 6.01. The molecule has 0 unspecified atom stereocenters. The highest BCUT2D eigenvalue weighted by atomic mass is 35.5. The molecule has 0 fully saturated rings. The number of sulfonamides is 1. The van der Waals surface area contributed by atoms with E-state index in [1.54, 1.807) is 28.6 Å². The minimum Gasteiger partial charge on any atom is -0.348 e. The average Bonchev–Trinajstić information content (AvgIpc) is 3.10. The maximum atomic E-state index is 13.3. The summed E-state index contributed by atoms with van der Waals surface area (Å²) in [5.74, 6) is 0. The van der Waals surface area contributed by atoms with Crippen molar-refractivity contribution in [2.75, 3.05) is 6.54 Å². The van der Waals surface area contributed by atoms with Crippen LogP contribution in [0.1, 0.15) is 17.3 Å². The van der Waals surface area contributed by atoms with E-state index in [4.69, 9.17) is 11.6 Å². The lowest BCUT2D eigenvalue weighted by atomic mass is 10.0. The van der Waals surface area contributed by atoms with Crippen molar-refractivity contribution in [3.05, 3.63) is 89.2 Å². The largest absolute Gasteiger partial charge is 0.348 e. The van der Waals surface area contributed by atoms with Gasteiger partial charge in [0, 0.05) is 30.0 Å². The van der Waals surface area contributed by atoms with Gasteiger partial charge in [-0.15, -0.1) is 0 Å². The first kappa shape index (κ1) is 16.4. The van der Waals surface area contributed by atoms with Crippen molar-refractivity contribution in [3.63, 3.8) is 0 Å². The zero-order valence-electron chi connectivity index (χ0n) is 13.4. The van der Waals surface area contributed by atoms with Crippen LogP contribution < -0.4 is 0 Å². The third kappa shape index (κ3) is 2.88. The Balaban J connectivity index is 1.84. The van der Waals surface area contributed by atoms with Gasteiger partial charge in [-0.2, -0.15) is 4.31 Å². The molecule has 0 saturated heterocycles. The highest BCUT2D eigenvalue weighted by molar-refractivity contribution is 7.89. The zero-order valence-corrected chi connectivity index (χ0v) is 15.0. The molecule has 128 valence electrons. The Bertz CT molecular complexity index is 982. The number of hydrogen-bond donors (Lipinski definition) is 0. The van der Waals surface area contributed by atoms with Crippen LogP contribution >= 0.6 is 11.6 Å². The van der Waals surface area contributed by atoms with E-state index in [0.29, 0.717) is 18.1 Å². The summed E-state index contributed by atoms with van der Waals surface area (Å²) in [5, 5.41) is 0.520. The van der Waals surface area contributed by atoms with Crippen molar-refractivity contribution >= 4 is 21.6 Å². The van der Waals surface area contributed by atoms with E-state index < -0.39 is 10.0 Å². The highest BCUT2D eigenvalue weighted by Crippen LogP contribution is 2.36. The fourth-order valence-electron chi connectivity index (χ4n) is 3.34. The smallest absolute Gasteiger partial charge is 0.244 e. The van der Waals surface area contributed by atoms with Gasteiger partial charge in [-0.25, -0.2) is 8.42 Å². The normalized spacial score (nSPS) is 18.0. The molecule has 1 atom stereocenters. The number of rotatable bonds is 3. The molecule has 1 aliphatic rings. The maximum absolute atomic E-state index is 13.3. The molecular weight excluding hydrogens is 356 g/mol. The Morgan fingerprint density at radius 1 is 0.880 bits per heavy atom.